The molecule has 0 spiro atoms. The molecule has 0 fully saturated rings. The summed E-state index contributed by atoms with van der Waals surface area (Å²) in [6.07, 6.45) is 0. The van der Waals surface area contributed by atoms with E-state index in [0.717, 1.165) is 16.6 Å². The molecule has 2 heterocycles. The van der Waals surface area contributed by atoms with E-state index in [0.29, 0.717) is 16.3 Å². The van der Waals surface area contributed by atoms with Gasteiger partial charge in [-0.25, -0.2) is 4.98 Å². The highest BCUT2D eigenvalue weighted by Gasteiger charge is 2.16. The Morgan fingerprint density at radius 3 is 2.70 bits per heavy atom. The van der Waals surface area contributed by atoms with E-state index in [1.54, 1.807) is 13.1 Å². The van der Waals surface area contributed by atoms with Gasteiger partial charge in [-0.05, 0) is 31.2 Å². The molecule has 2 aromatic heterocycles. The number of para-hydroxylation sites is 1. The summed E-state index contributed by atoms with van der Waals surface area (Å²) < 4.78 is 7.06. The highest BCUT2D eigenvalue weighted by atomic mass is 32.2. The van der Waals surface area contributed by atoms with E-state index in [4.69, 9.17) is 4.42 Å². The molecule has 0 saturated carbocycles. The summed E-state index contributed by atoms with van der Waals surface area (Å²) in [5.74, 6) is -0.00891. The van der Waals surface area contributed by atoms with E-state index in [1.807, 2.05) is 49.4 Å². The predicted molar refractivity (Wildman–Crippen MR) is 107 cm³/mol. The maximum absolute atomic E-state index is 12.6. The fourth-order valence-electron chi connectivity index (χ4n) is 2.79. The molecule has 0 bridgehead atoms. The molecule has 4 aromatic rings. The minimum Gasteiger partial charge on any atom is -0.448 e. The Morgan fingerprint density at radius 1 is 1.19 bits per heavy atom. The van der Waals surface area contributed by atoms with E-state index >= 15 is 0 Å². The molecule has 1 N–H and O–H groups in total. The number of nitrogens with zero attached hydrogens (tertiary/aromatic N) is 2. The van der Waals surface area contributed by atoms with E-state index in [1.165, 1.54) is 16.3 Å². The number of carbonyl (C=O) groups is 1. The van der Waals surface area contributed by atoms with Crippen molar-refractivity contribution in [2.45, 2.75) is 12.1 Å². The van der Waals surface area contributed by atoms with Gasteiger partial charge < -0.3 is 9.73 Å². The largest absolute Gasteiger partial charge is 0.448 e. The van der Waals surface area contributed by atoms with Gasteiger partial charge in [-0.3, -0.25) is 14.2 Å². The topological polar surface area (TPSA) is 77.1 Å². The lowest BCUT2D eigenvalue weighted by Gasteiger charge is -2.08. The zero-order valence-corrected chi connectivity index (χ0v) is 15.7. The normalized spacial score (nSPS) is 11.2. The van der Waals surface area contributed by atoms with Crippen LogP contribution in [-0.4, -0.2) is 21.2 Å². The molecule has 6 nitrogen and oxygen atoms in total. The molecule has 0 aliphatic heterocycles. The van der Waals surface area contributed by atoms with E-state index in [-0.39, 0.29) is 22.8 Å². The zero-order chi connectivity index (χ0) is 19.0. The van der Waals surface area contributed by atoms with Gasteiger partial charge in [-0.2, -0.15) is 0 Å². The van der Waals surface area contributed by atoms with Crippen molar-refractivity contribution in [1.29, 1.82) is 0 Å². The minimum absolute atomic E-state index is 0.148. The number of furan rings is 1. The monoisotopic (exact) mass is 379 g/mol. The summed E-state index contributed by atoms with van der Waals surface area (Å²) >= 11 is 1.22. The molecule has 0 aliphatic rings. The number of benzene rings is 2. The van der Waals surface area contributed by atoms with Crippen LogP contribution >= 0.6 is 11.8 Å². The summed E-state index contributed by atoms with van der Waals surface area (Å²) in [4.78, 5) is 29.4. The highest BCUT2D eigenvalue weighted by molar-refractivity contribution is 7.99. The fourth-order valence-corrected chi connectivity index (χ4v) is 3.56. The molecule has 7 heteroatoms. The summed E-state index contributed by atoms with van der Waals surface area (Å²) in [7, 11) is 1.63. The molecular weight excluding hydrogens is 362 g/mol. The van der Waals surface area contributed by atoms with Crippen molar-refractivity contribution in [3.05, 3.63) is 64.4 Å². The van der Waals surface area contributed by atoms with Gasteiger partial charge in [0.1, 0.15) is 11.1 Å². The van der Waals surface area contributed by atoms with Gasteiger partial charge in [0, 0.05) is 18.1 Å². The van der Waals surface area contributed by atoms with Gasteiger partial charge in [0.2, 0.25) is 11.5 Å². The maximum atomic E-state index is 12.6. The van der Waals surface area contributed by atoms with Crippen LogP contribution in [0.4, 0.5) is 5.69 Å². The Kier molecular flexibility index (Phi) is 4.45. The lowest BCUT2D eigenvalue weighted by Crippen LogP contribution is -2.21. The van der Waals surface area contributed by atoms with E-state index < -0.39 is 0 Å². The Labute approximate surface area is 159 Å². The summed E-state index contributed by atoms with van der Waals surface area (Å²) in [6.45, 7) is 1.99. The Bertz CT molecular complexity index is 1210. The van der Waals surface area contributed by atoms with Crippen molar-refractivity contribution in [1.82, 2.24) is 9.55 Å². The SMILES string of the molecule is Cc1ccc(NC(=O)CSc2nc3c(oc4ccccc43)c(=O)n2C)cc1. The van der Waals surface area contributed by atoms with Crippen LogP contribution in [-0.2, 0) is 11.8 Å². The average molecular weight is 379 g/mol. The second-order valence-electron chi connectivity index (χ2n) is 6.24. The number of amides is 1. The summed E-state index contributed by atoms with van der Waals surface area (Å²) in [5, 5.41) is 4.10. The van der Waals surface area contributed by atoms with Crippen molar-refractivity contribution in [2.75, 3.05) is 11.1 Å². The molecular formula is C20H17N3O3S. The Hall–Kier alpha value is -3.06. The van der Waals surface area contributed by atoms with Crippen LogP contribution < -0.4 is 10.9 Å². The smallest absolute Gasteiger partial charge is 0.297 e. The third kappa shape index (κ3) is 3.33. The lowest BCUT2D eigenvalue weighted by atomic mass is 10.2. The van der Waals surface area contributed by atoms with E-state index in [2.05, 4.69) is 10.3 Å². The number of anilines is 1. The van der Waals surface area contributed by atoms with Crippen molar-refractivity contribution in [3.63, 3.8) is 0 Å². The molecule has 1 amide bonds. The van der Waals surface area contributed by atoms with Crippen LogP contribution in [0.5, 0.6) is 0 Å². The Morgan fingerprint density at radius 2 is 1.93 bits per heavy atom. The van der Waals surface area contributed by atoms with Gasteiger partial charge in [0.05, 0.1) is 5.75 Å². The van der Waals surface area contributed by atoms with Crippen molar-refractivity contribution >= 4 is 45.4 Å². The van der Waals surface area contributed by atoms with Gasteiger partial charge in [0.15, 0.2) is 5.16 Å². The number of aromatic nitrogens is 2. The maximum Gasteiger partial charge on any atom is 0.297 e. The molecule has 4 rings (SSSR count). The number of hydrogen-bond acceptors (Lipinski definition) is 5. The molecule has 0 atom stereocenters. The average Bonchev–Trinajstić information content (AvgIpc) is 3.04. The predicted octanol–water partition coefficient (Wildman–Crippen LogP) is 3.72. The third-order valence-electron chi connectivity index (χ3n) is 4.23. The number of thioether (sulfide) groups is 1. The van der Waals surface area contributed by atoms with Crippen LogP contribution in [0.3, 0.4) is 0 Å². The number of carbonyl (C=O) groups excluding carboxylic acids is 1. The Balaban J connectivity index is 1.59. The van der Waals surface area contributed by atoms with Crippen LogP contribution in [0.2, 0.25) is 0 Å². The summed E-state index contributed by atoms with van der Waals surface area (Å²) in [5.41, 5.74) is 2.97. The number of hydrogen-bond donors (Lipinski definition) is 1. The zero-order valence-electron chi connectivity index (χ0n) is 14.9. The van der Waals surface area contributed by atoms with Crippen LogP contribution in [0, 0.1) is 6.92 Å². The molecule has 0 saturated heterocycles. The molecule has 136 valence electrons. The first kappa shape index (κ1) is 17.4. The summed E-state index contributed by atoms with van der Waals surface area (Å²) in [6, 6.07) is 15.0. The first-order chi connectivity index (χ1) is 13.0. The van der Waals surface area contributed by atoms with Crippen LogP contribution in [0.15, 0.2) is 62.9 Å². The van der Waals surface area contributed by atoms with Crippen LogP contribution in [0.1, 0.15) is 5.56 Å². The number of fused-ring (bicyclic) bond motifs is 3. The lowest BCUT2D eigenvalue weighted by molar-refractivity contribution is -0.113. The second kappa shape index (κ2) is 6.92. The van der Waals surface area contributed by atoms with Crippen molar-refractivity contribution in [2.24, 2.45) is 7.05 Å². The molecule has 0 unspecified atom stereocenters. The third-order valence-corrected chi connectivity index (χ3v) is 5.26. The molecule has 2 aromatic carbocycles. The first-order valence-corrected chi connectivity index (χ1v) is 9.39. The van der Waals surface area contributed by atoms with Gasteiger partial charge >= 0.3 is 0 Å². The highest BCUT2D eigenvalue weighted by Crippen LogP contribution is 2.26. The number of nitrogens with one attached hydrogen (secondary N) is 1. The van der Waals surface area contributed by atoms with Crippen molar-refractivity contribution < 1.29 is 9.21 Å². The standard InChI is InChI=1S/C20H17N3O3S/c1-12-7-9-13(10-8-12)21-16(24)11-27-20-22-17-14-5-3-4-6-15(14)26-18(17)19(25)23(20)2/h3-10H,11H2,1-2H3,(H,21,24). The number of aryl methyl sites for hydroxylation is 1. The number of rotatable bonds is 4. The molecule has 0 radical (unpaired) electrons. The van der Waals surface area contributed by atoms with E-state index in [9.17, 15) is 9.59 Å². The molecule has 27 heavy (non-hydrogen) atoms. The van der Waals surface area contributed by atoms with Crippen LogP contribution in [0.25, 0.3) is 22.1 Å². The van der Waals surface area contributed by atoms with Crippen molar-refractivity contribution in [3.8, 4) is 0 Å². The van der Waals surface area contributed by atoms with Gasteiger partial charge in [-0.1, -0.05) is 41.6 Å². The van der Waals surface area contributed by atoms with Gasteiger partial charge in [0.25, 0.3) is 5.56 Å². The quantitative estimate of drug-likeness (QED) is 0.432. The van der Waals surface area contributed by atoms with Gasteiger partial charge in [-0.15, -0.1) is 0 Å². The fraction of sp³-hybridized carbons (Fsp3) is 0.150. The first-order valence-electron chi connectivity index (χ1n) is 8.40. The minimum atomic E-state index is -0.266. The molecule has 0 aliphatic carbocycles. The second-order valence-corrected chi connectivity index (χ2v) is 7.18.